The highest BCUT2D eigenvalue weighted by molar-refractivity contribution is 7.90. The first-order chi connectivity index (χ1) is 12.5. The van der Waals surface area contributed by atoms with Gasteiger partial charge in [0.1, 0.15) is 0 Å². The van der Waals surface area contributed by atoms with Crippen LogP contribution in [0.2, 0.25) is 0 Å². The molecule has 1 aliphatic heterocycles. The highest BCUT2D eigenvalue weighted by Crippen LogP contribution is 2.30. The van der Waals surface area contributed by atoms with E-state index in [0.717, 1.165) is 12.8 Å². The number of guanidine groups is 1. The number of piperidine rings is 1. The smallest absolute Gasteiger partial charge is 0.357 e. The van der Waals surface area contributed by atoms with Gasteiger partial charge >= 0.3 is 15.5 Å². The highest BCUT2D eigenvalue weighted by Gasteiger charge is 2.50. The molecule has 0 amide bonds. The van der Waals surface area contributed by atoms with Crippen LogP contribution in [0.3, 0.4) is 0 Å². The number of rotatable bonds is 8. The molecular formula is C17H33F3N4O2S. The number of sulfonamides is 1. The minimum absolute atomic E-state index is 0.0751. The standard InChI is InChI=1S/C17H33F3N4O2S/c1-5-21-16(23-14(4)7-6-13(2)3)22-12-15-8-10-24(11-9-15)27(25,26)17(18,19)20/h13-15H,5-12H2,1-4H3,(H2,21,22,23). The Bertz CT molecular complexity index is 571. The van der Waals surface area contributed by atoms with Crippen LogP contribution in [0.25, 0.3) is 0 Å². The lowest BCUT2D eigenvalue weighted by atomic mass is 9.98. The van der Waals surface area contributed by atoms with Crippen LogP contribution in [0, 0.1) is 11.8 Å². The quantitative estimate of drug-likeness (QED) is 0.473. The minimum atomic E-state index is -5.23. The van der Waals surface area contributed by atoms with Gasteiger partial charge in [0.05, 0.1) is 0 Å². The molecule has 160 valence electrons. The van der Waals surface area contributed by atoms with E-state index in [1.165, 1.54) is 0 Å². The Morgan fingerprint density at radius 1 is 1.19 bits per heavy atom. The summed E-state index contributed by atoms with van der Waals surface area (Å²) in [6.45, 7) is 9.37. The molecule has 0 aromatic heterocycles. The van der Waals surface area contributed by atoms with Crippen molar-refractivity contribution in [1.82, 2.24) is 14.9 Å². The molecule has 1 atom stereocenters. The normalized spacial score (nSPS) is 19.3. The molecule has 0 saturated carbocycles. The van der Waals surface area contributed by atoms with E-state index < -0.39 is 15.5 Å². The second kappa shape index (κ2) is 10.5. The topological polar surface area (TPSA) is 73.8 Å². The summed E-state index contributed by atoms with van der Waals surface area (Å²) in [4.78, 5) is 4.54. The van der Waals surface area contributed by atoms with E-state index in [1.54, 1.807) is 0 Å². The van der Waals surface area contributed by atoms with Crippen molar-refractivity contribution in [2.75, 3.05) is 26.2 Å². The van der Waals surface area contributed by atoms with Gasteiger partial charge in [-0.2, -0.15) is 17.5 Å². The number of hydrogen-bond donors (Lipinski definition) is 2. The monoisotopic (exact) mass is 414 g/mol. The van der Waals surface area contributed by atoms with Crippen LogP contribution in [0.1, 0.15) is 53.4 Å². The largest absolute Gasteiger partial charge is 0.511 e. The summed E-state index contributed by atoms with van der Waals surface area (Å²) in [6, 6.07) is 0.268. The van der Waals surface area contributed by atoms with Gasteiger partial charge in [0.15, 0.2) is 5.96 Å². The third-order valence-corrected chi connectivity index (χ3v) is 6.25. The van der Waals surface area contributed by atoms with E-state index in [2.05, 4.69) is 36.4 Å². The molecule has 1 unspecified atom stereocenters. The summed E-state index contributed by atoms with van der Waals surface area (Å²) >= 11 is 0. The lowest BCUT2D eigenvalue weighted by Crippen LogP contribution is -2.45. The molecule has 1 fully saturated rings. The molecule has 1 rings (SSSR count). The number of nitrogens with one attached hydrogen (secondary N) is 2. The molecule has 0 spiro atoms. The molecule has 0 aromatic carbocycles. The van der Waals surface area contributed by atoms with Gasteiger partial charge in [-0.05, 0) is 51.4 Å². The highest BCUT2D eigenvalue weighted by atomic mass is 32.2. The lowest BCUT2D eigenvalue weighted by Gasteiger charge is -2.31. The van der Waals surface area contributed by atoms with Gasteiger partial charge in [-0.25, -0.2) is 8.42 Å². The van der Waals surface area contributed by atoms with Gasteiger partial charge < -0.3 is 10.6 Å². The Kier molecular flexibility index (Phi) is 9.33. The van der Waals surface area contributed by atoms with Crippen LogP contribution in [0.15, 0.2) is 4.99 Å². The summed E-state index contributed by atoms with van der Waals surface area (Å²) in [5, 5.41) is 6.53. The molecule has 0 aromatic rings. The van der Waals surface area contributed by atoms with E-state index in [1.807, 2.05) is 6.92 Å². The van der Waals surface area contributed by atoms with E-state index in [4.69, 9.17) is 0 Å². The number of halogens is 3. The molecule has 0 aliphatic carbocycles. The zero-order valence-corrected chi connectivity index (χ0v) is 17.5. The Hall–Kier alpha value is -1.03. The Morgan fingerprint density at radius 3 is 2.26 bits per heavy atom. The Balaban J connectivity index is 2.55. The van der Waals surface area contributed by atoms with Gasteiger partial charge in [0.2, 0.25) is 0 Å². The zero-order valence-electron chi connectivity index (χ0n) is 16.6. The third kappa shape index (κ3) is 7.85. The van der Waals surface area contributed by atoms with Gasteiger partial charge in [0, 0.05) is 32.2 Å². The molecule has 1 heterocycles. The molecule has 27 heavy (non-hydrogen) atoms. The van der Waals surface area contributed by atoms with Gasteiger partial charge in [-0.1, -0.05) is 13.8 Å². The van der Waals surface area contributed by atoms with Crippen molar-refractivity contribution in [2.24, 2.45) is 16.8 Å². The number of aliphatic imine (C=N–C) groups is 1. The molecule has 2 N–H and O–H groups in total. The van der Waals surface area contributed by atoms with Crippen LogP contribution < -0.4 is 10.6 Å². The number of nitrogens with zero attached hydrogens (tertiary/aromatic N) is 2. The second-order valence-corrected chi connectivity index (χ2v) is 9.46. The molecular weight excluding hydrogens is 381 g/mol. The first-order valence-corrected chi connectivity index (χ1v) is 11.0. The predicted octanol–water partition coefficient (Wildman–Crippen LogP) is 2.93. The van der Waals surface area contributed by atoms with E-state index >= 15 is 0 Å². The van der Waals surface area contributed by atoms with Crippen molar-refractivity contribution < 1.29 is 21.6 Å². The van der Waals surface area contributed by atoms with Crippen molar-refractivity contribution in [1.29, 1.82) is 0 Å². The van der Waals surface area contributed by atoms with Gasteiger partial charge in [0.25, 0.3) is 0 Å². The van der Waals surface area contributed by atoms with Crippen LogP contribution in [-0.4, -0.2) is 56.4 Å². The van der Waals surface area contributed by atoms with Gasteiger partial charge in [-0.15, -0.1) is 0 Å². The van der Waals surface area contributed by atoms with Crippen molar-refractivity contribution >= 4 is 16.0 Å². The van der Waals surface area contributed by atoms with Crippen LogP contribution in [-0.2, 0) is 10.0 Å². The number of hydrogen-bond acceptors (Lipinski definition) is 3. The summed E-state index contributed by atoms with van der Waals surface area (Å²) < 4.78 is 61.3. The number of alkyl halides is 3. The van der Waals surface area contributed by atoms with Crippen LogP contribution in [0.4, 0.5) is 13.2 Å². The first kappa shape index (κ1) is 24.0. The second-order valence-electron chi connectivity index (χ2n) is 7.53. The maximum atomic E-state index is 12.6. The van der Waals surface area contributed by atoms with E-state index in [9.17, 15) is 21.6 Å². The summed E-state index contributed by atoms with van der Waals surface area (Å²) in [5.74, 6) is 1.40. The molecule has 1 saturated heterocycles. The maximum Gasteiger partial charge on any atom is 0.511 e. The molecule has 6 nitrogen and oxygen atoms in total. The fourth-order valence-electron chi connectivity index (χ4n) is 2.91. The van der Waals surface area contributed by atoms with Crippen LogP contribution in [0.5, 0.6) is 0 Å². The fourth-order valence-corrected chi connectivity index (χ4v) is 3.89. The molecule has 0 radical (unpaired) electrons. The average molecular weight is 415 g/mol. The molecule has 0 bridgehead atoms. The fraction of sp³-hybridized carbons (Fsp3) is 0.941. The van der Waals surface area contributed by atoms with Crippen molar-refractivity contribution in [3.05, 3.63) is 0 Å². The minimum Gasteiger partial charge on any atom is -0.357 e. The summed E-state index contributed by atoms with van der Waals surface area (Å²) in [5.41, 5.74) is -5.23. The predicted molar refractivity (Wildman–Crippen MR) is 102 cm³/mol. The van der Waals surface area contributed by atoms with Crippen molar-refractivity contribution in [3.8, 4) is 0 Å². The molecule has 10 heteroatoms. The zero-order chi connectivity index (χ0) is 20.7. The van der Waals surface area contributed by atoms with Crippen LogP contribution >= 0.6 is 0 Å². The Morgan fingerprint density at radius 2 is 1.78 bits per heavy atom. The average Bonchev–Trinajstić information content (AvgIpc) is 2.57. The summed E-state index contributed by atoms with van der Waals surface area (Å²) in [6.07, 6.45) is 2.89. The van der Waals surface area contributed by atoms with Crippen molar-refractivity contribution in [3.63, 3.8) is 0 Å². The van der Waals surface area contributed by atoms with Gasteiger partial charge in [-0.3, -0.25) is 4.99 Å². The lowest BCUT2D eigenvalue weighted by molar-refractivity contribution is -0.0496. The first-order valence-electron chi connectivity index (χ1n) is 9.58. The van der Waals surface area contributed by atoms with E-state index in [-0.39, 0.29) is 25.0 Å². The SMILES string of the molecule is CCNC(=NCC1CCN(S(=O)(=O)C(F)(F)F)CC1)NC(C)CCC(C)C. The Labute approximate surface area is 161 Å². The molecule has 1 aliphatic rings. The third-order valence-electron chi connectivity index (χ3n) is 4.62. The maximum absolute atomic E-state index is 12.6. The van der Waals surface area contributed by atoms with Crippen molar-refractivity contribution in [2.45, 2.75) is 64.9 Å². The van der Waals surface area contributed by atoms with E-state index in [0.29, 0.717) is 42.1 Å². The summed E-state index contributed by atoms with van der Waals surface area (Å²) in [7, 11) is -5.22.